The van der Waals surface area contributed by atoms with E-state index < -0.39 is 0 Å². The van der Waals surface area contributed by atoms with E-state index in [0.717, 1.165) is 16.6 Å². The molecule has 2 aliphatic rings. The molecular weight excluding hydrogens is 290 g/mol. The number of benzene rings is 1. The summed E-state index contributed by atoms with van der Waals surface area (Å²) in [6.45, 7) is 2.09. The Balaban J connectivity index is 1.75. The second-order valence-electron chi connectivity index (χ2n) is 5.80. The van der Waals surface area contributed by atoms with E-state index in [9.17, 15) is 0 Å². The lowest BCUT2D eigenvalue weighted by Crippen LogP contribution is -2.62. The molecule has 98 valence electrons. The van der Waals surface area contributed by atoms with Crippen molar-refractivity contribution in [2.45, 2.75) is 51.2 Å². The van der Waals surface area contributed by atoms with Gasteiger partial charge in [0.25, 0.3) is 0 Å². The minimum atomic E-state index is 0.279. The van der Waals surface area contributed by atoms with E-state index >= 15 is 0 Å². The lowest BCUT2D eigenvalue weighted by Gasteiger charge is -2.52. The Hall–Kier alpha value is -0.540. The molecule has 3 heteroatoms. The lowest BCUT2D eigenvalue weighted by atomic mass is 9.61. The van der Waals surface area contributed by atoms with Crippen molar-refractivity contribution in [3.05, 3.63) is 28.2 Å². The van der Waals surface area contributed by atoms with Gasteiger partial charge in [0, 0.05) is 22.4 Å². The quantitative estimate of drug-likeness (QED) is 0.902. The summed E-state index contributed by atoms with van der Waals surface area (Å²) in [7, 11) is 0. The van der Waals surface area contributed by atoms with E-state index in [1.807, 2.05) is 6.07 Å². The van der Waals surface area contributed by atoms with E-state index in [1.54, 1.807) is 0 Å². The molecule has 2 atom stereocenters. The average Bonchev–Trinajstić information content (AvgIpc) is 2.85. The van der Waals surface area contributed by atoms with Crippen LogP contribution in [0.1, 0.15) is 37.7 Å². The highest BCUT2D eigenvalue weighted by molar-refractivity contribution is 9.10. The first-order chi connectivity index (χ1) is 8.62. The molecule has 2 saturated carbocycles. The van der Waals surface area contributed by atoms with Crippen LogP contribution in [0.15, 0.2) is 22.7 Å². The van der Waals surface area contributed by atoms with Gasteiger partial charge in [-0.3, -0.25) is 0 Å². The average molecular weight is 310 g/mol. The second-order valence-corrected chi connectivity index (χ2v) is 6.65. The molecule has 1 aromatic rings. The van der Waals surface area contributed by atoms with E-state index in [4.69, 9.17) is 10.5 Å². The van der Waals surface area contributed by atoms with Crippen LogP contribution >= 0.6 is 15.9 Å². The molecule has 0 aromatic heterocycles. The van der Waals surface area contributed by atoms with Crippen LogP contribution in [0.2, 0.25) is 0 Å². The molecule has 18 heavy (non-hydrogen) atoms. The molecular formula is C15H20BrNO. The highest BCUT2D eigenvalue weighted by Crippen LogP contribution is 2.53. The van der Waals surface area contributed by atoms with Crippen molar-refractivity contribution in [2.24, 2.45) is 11.1 Å². The van der Waals surface area contributed by atoms with Gasteiger partial charge >= 0.3 is 0 Å². The molecule has 2 aliphatic carbocycles. The normalized spacial score (nSPS) is 29.3. The van der Waals surface area contributed by atoms with Crippen LogP contribution in [0.4, 0.5) is 0 Å². The minimum absolute atomic E-state index is 0.279. The summed E-state index contributed by atoms with van der Waals surface area (Å²) in [4.78, 5) is 0. The fourth-order valence-electron chi connectivity index (χ4n) is 3.52. The standard InChI is InChI=1S/C15H20BrNO/c1-10-8-11(4-5-12(10)16)18-14-9-13(17)15(14)6-2-3-7-15/h4-5,8,13-14H,2-3,6-7,9,17H2,1H3. The van der Waals surface area contributed by atoms with Crippen LogP contribution < -0.4 is 10.5 Å². The zero-order chi connectivity index (χ0) is 12.8. The molecule has 2 nitrogen and oxygen atoms in total. The Morgan fingerprint density at radius 1 is 1.33 bits per heavy atom. The van der Waals surface area contributed by atoms with Gasteiger partial charge < -0.3 is 10.5 Å². The topological polar surface area (TPSA) is 35.2 Å². The van der Waals surface area contributed by atoms with Gasteiger partial charge in [0.15, 0.2) is 0 Å². The first-order valence-electron chi connectivity index (χ1n) is 6.80. The number of hydrogen-bond donors (Lipinski definition) is 1. The third-order valence-corrected chi connectivity index (χ3v) is 5.68. The monoisotopic (exact) mass is 309 g/mol. The zero-order valence-corrected chi connectivity index (χ0v) is 12.4. The van der Waals surface area contributed by atoms with E-state index in [-0.39, 0.29) is 5.41 Å². The number of aryl methyl sites for hydroxylation is 1. The van der Waals surface area contributed by atoms with Crippen LogP contribution in [0.25, 0.3) is 0 Å². The Morgan fingerprint density at radius 3 is 2.67 bits per heavy atom. The van der Waals surface area contributed by atoms with E-state index in [2.05, 4.69) is 35.0 Å². The van der Waals surface area contributed by atoms with Crippen LogP contribution in [-0.2, 0) is 0 Å². The van der Waals surface area contributed by atoms with Crippen LogP contribution in [0.5, 0.6) is 5.75 Å². The summed E-state index contributed by atoms with van der Waals surface area (Å²) in [5.74, 6) is 0.985. The molecule has 0 aliphatic heterocycles. The zero-order valence-electron chi connectivity index (χ0n) is 10.8. The largest absolute Gasteiger partial charge is 0.490 e. The van der Waals surface area contributed by atoms with Gasteiger partial charge in [-0.15, -0.1) is 0 Å². The Morgan fingerprint density at radius 2 is 2.06 bits per heavy atom. The van der Waals surface area contributed by atoms with Crippen LogP contribution in [0.3, 0.4) is 0 Å². The van der Waals surface area contributed by atoms with Gasteiger partial charge in [0.1, 0.15) is 11.9 Å². The molecule has 2 N–H and O–H groups in total. The number of ether oxygens (including phenoxy) is 1. The highest BCUT2D eigenvalue weighted by Gasteiger charge is 2.56. The van der Waals surface area contributed by atoms with Crippen molar-refractivity contribution in [3.8, 4) is 5.75 Å². The maximum atomic E-state index is 6.23. The number of nitrogens with two attached hydrogens (primary N) is 1. The highest BCUT2D eigenvalue weighted by atomic mass is 79.9. The fourth-order valence-corrected chi connectivity index (χ4v) is 3.77. The van der Waals surface area contributed by atoms with Gasteiger partial charge in [-0.2, -0.15) is 0 Å². The maximum Gasteiger partial charge on any atom is 0.120 e. The van der Waals surface area contributed by atoms with Crippen molar-refractivity contribution < 1.29 is 4.74 Å². The molecule has 2 unspecified atom stereocenters. The number of halogens is 1. The van der Waals surface area contributed by atoms with Gasteiger partial charge in [-0.25, -0.2) is 0 Å². The number of hydrogen-bond acceptors (Lipinski definition) is 2. The summed E-state index contributed by atoms with van der Waals surface area (Å²) in [5, 5.41) is 0. The predicted molar refractivity (Wildman–Crippen MR) is 76.8 cm³/mol. The Bertz CT molecular complexity index is 454. The maximum absolute atomic E-state index is 6.23. The molecule has 0 bridgehead atoms. The third kappa shape index (κ3) is 1.88. The molecule has 2 fully saturated rings. The summed E-state index contributed by atoms with van der Waals surface area (Å²) in [5.41, 5.74) is 7.73. The molecule has 1 spiro atoms. The van der Waals surface area contributed by atoms with Crippen molar-refractivity contribution in [1.82, 2.24) is 0 Å². The second kappa shape index (κ2) is 4.53. The first kappa shape index (κ1) is 12.5. The van der Waals surface area contributed by atoms with E-state index in [1.165, 1.54) is 31.2 Å². The molecule has 0 amide bonds. The van der Waals surface area contributed by atoms with Crippen molar-refractivity contribution in [3.63, 3.8) is 0 Å². The molecule has 0 radical (unpaired) electrons. The fraction of sp³-hybridized carbons (Fsp3) is 0.600. The summed E-state index contributed by atoms with van der Waals surface area (Å²) in [6, 6.07) is 6.56. The Kier molecular flexibility index (Phi) is 3.15. The molecule has 0 saturated heterocycles. The third-order valence-electron chi connectivity index (χ3n) is 4.79. The van der Waals surface area contributed by atoms with Gasteiger partial charge in [0.2, 0.25) is 0 Å². The van der Waals surface area contributed by atoms with Crippen LogP contribution in [-0.4, -0.2) is 12.1 Å². The molecule has 0 heterocycles. The minimum Gasteiger partial charge on any atom is -0.490 e. The summed E-state index contributed by atoms with van der Waals surface area (Å²) < 4.78 is 7.33. The first-order valence-corrected chi connectivity index (χ1v) is 7.59. The van der Waals surface area contributed by atoms with Crippen molar-refractivity contribution in [1.29, 1.82) is 0 Å². The molecule has 3 rings (SSSR count). The smallest absolute Gasteiger partial charge is 0.120 e. The molecule has 1 aromatic carbocycles. The predicted octanol–water partition coefficient (Wildman–Crippen LogP) is 3.80. The summed E-state index contributed by atoms with van der Waals surface area (Å²) >= 11 is 3.52. The Labute approximate surface area is 117 Å². The lowest BCUT2D eigenvalue weighted by molar-refractivity contribution is -0.0620. The van der Waals surface area contributed by atoms with Crippen molar-refractivity contribution >= 4 is 15.9 Å². The van der Waals surface area contributed by atoms with Gasteiger partial charge in [0.05, 0.1) is 0 Å². The summed E-state index contributed by atoms with van der Waals surface area (Å²) in [6.07, 6.45) is 6.45. The number of rotatable bonds is 2. The SMILES string of the molecule is Cc1cc(OC2CC(N)C23CCCC3)ccc1Br. The van der Waals surface area contributed by atoms with Crippen LogP contribution in [0, 0.1) is 12.3 Å². The van der Waals surface area contributed by atoms with E-state index in [0.29, 0.717) is 12.1 Å². The van der Waals surface area contributed by atoms with Gasteiger partial charge in [-0.05, 0) is 43.5 Å². The van der Waals surface area contributed by atoms with Gasteiger partial charge in [-0.1, -0.05) is 28.8 Å². The van der Waals surface area contributed by atoms with Crippen molar-refractivity contribution in [2.75, 3.05) is 0 Å².